The van der Waals surface area contributed by atoms with Crippen molar-refractivity contribution in [2.75, 3.05) is 6.54 Å². The van der Waals surface area contributed by atoms with Crippen molar-refractivity contribution in [2.24, 2.45) is 7.05 Å². The van der Waals surface area contributed by atoms with Gasteiger partial charge in [-0.25, -0.2) is 0 Å². The molecule has 6 nitrogen and oxygen atoms in total. The molecule has 118 valence electrons. The highest BCUT2D eigenvalue weighted by atomic mass is 16.2. The van der Waals surface area contributed by atoms with E-state index in [0.29, 0.717) is 13.0 Å². The predicted octanol–water partition coefficient (Wildman–Crippen LogP) is 1.99. The van der Waals surface area contributed by atoms with Gasteiger partial charge in [0.25, 0.3) is 0 Å². The summed E-state index contributed by atoms with van der Waals surface area (Å²) >= 11 is 0. The maximum absolute atomic E-state index is 12.6. The van der Waals surface area contributed by atoms with Crippen molar-refractivity contribution in [3.05, 3.63) is 35.4 Å². The average molecular weight is 301 g/mol. The predicted molar refractivity (Wildman–Crippen MR) is 83.2 cm³/mol. The molecule has 3 rings (SSSR count). The highest BCUT2D eigenvalue weighted by molar-refractivity contribution is 5.77. The molecule has 0 radical (unpaired) electrons. The van der Waals surface area contributed by atoms with Crippen molar-refractivity contribution in [1.29, 1.82) is 0 Å². The number of hydrogen-bond donors (Lipinski definition) is 0. The van der Waals surface area contributed by atoms with Crippen LogP contribution in [0, 0.1) is 13.8 Å². The van der Waals surface area contributed by atoms with E-state index < -0.39 is 0 Å². The quantitative estimate of drug-likeness (QED) is 0.868. The third kappa shape index (κ3) is 2.91. The van der Waals surface area contributed by atoms with Gasteiger partial charge in [-0.15, -0.1) is 0 Å². The summed E-state index contributed by atoms with van der Waals surface area (Å²) < 4.78 is 3.72. The van der Waals surface area contributed by atoms with Crippen LogP contribution in [0.25, 0.3) is 0 Å². The highest BCUT2D eigenvalue weighted by Crippen LogP contribution is 2.32. The lowest BCUT2D eigenvalue weighted by molar-refractivity contribution is -0.132. The Morgan fingerprint density at radius 3 is 2.86 bits per heavy atom. The molecule has 6 heteroatoms. The maximum Gasteiger partial charge on any atom is 0.224 e. The van der Waals surface area contributed by atoms with Gasteiger partial charge in [0.1, 0.15) is 0 Å². The number of aromatic nitrogens is 4. The molecule has 0 saturated carbocycles. The molecular formula is C16H23N5O. The molecule has 1 saturated heterocycles. The van der Waals surface area contributed by atoms with Crippen LogP contribution in [0.15, 0.2) is 18.5 Å². The average Bonchev–Trinajstić information content (AvgIpc) is 3.16. The van der Waals surface area contributed by atoms with Crippen LogP contribution in [0.5, 0.6) is 0 Å². The molecule has 0 aliphatic carbocycles. The van der Waals surface area contributed by atoms with Gasteiger partial charge in [0.05, 0.1) is 17.9 Å². The molecule has 1 atom stereocenters. The van der Waals surface area contributed by atoms with E-state index in [1.807, 2.05) is 48.9 Å². The number of carbonyl (C=O) groups is 1. The zero-order valence-electron chi connectivity index (χ0n) is 13.5. The molecule has 1 aliphatic rings. The standard InChI is InChI=1S/C16H23N5O/c1-12-9-13(2)21(18-12)8-6-16(22)20-7-4-5-15(20)14-10-17-19(3)11-14/h9-11,15H,4-8H2,1-3H3/t15-/m1/s1. The van der Waals surface area contributed by atoms with Crippen LogP contribution in [0.3, 0.4) is 0 Å². The smallest absolute Gasteiger partial charge is 0.224 e. The number of carbonyl (C=O) groups excluding carboxylic acids is 1. The van der Waals surface area contributed by atoms with E-state index in [1.54, 1.807) is 4.68 Å². The first kappa shape index (κ1) is 14.8. The van der Waals surface area contributed by atoms with Gasteiger partial charge < -0.3 is 4.90 Å². The molecule has 0 spiro atoms. The second kappa shape index (κ2) is 5.94. The summed E-state index contributed by atoms with van der Waals surface area (Å²) in [6.07, 6.45) is 6.47. The van der Waals surface area contributed by atoms with Gasteiger partial charge in [0, 0.05) is 44.0 Å². The first-order valence-corrected chi connectivity index (χ1v) is 7.83. The van der Waals surface area contributed by atoms with Crippen LogP contribution >= 0.6 is 0 Å². The molecule has 0 aromatic carbocycles. The van der Waals surface area contributed by atoms with E-state index in [4.69, 9.17) is 0 Å². The first-order chi connectivity index (χ1) is 10.5. The summed E-state index contributed by atoms with van der Waals surface area (Å²) in [6.45, 7) is 5.49. The lowest BCUT2D eigenvalue weighted by atomic mass is 10.1. The zero-order chi connectivity index (χ0) is 15.7. The van der Waals surface area contributed by atoms with Crippen LogP contribution in [-0.2, 0) is 18.4 Å². The SMILES string of the molecule is Cc1cc(C)n(CCC(=O)N2CCC[C@@H]2c2cnn(C)c2)n1. The van der Waals surface area contributed by atoms with Crippen molar-refractivity contribution in [3.63, 3.8) is 0 Å². The minimum Gasteiger partial charge on any atom is -0.335 e. The van der Waals surface area contributed by atoms with E-state index in [0.717, 1.165) is 36.3 Å². The Labute approximate surface area is 130 Å². The van der Waals surface area contributed by atoms with Gasteiger partial charge in [-0.3, -0.25) is 14.2 Å². The molecular weight excluding hydrogens is 278 g/mol. The number of likely N-dealkylation sites (tertiary alicyclic amines) is 1. The van der Waals surface area contributed by atoms with E-state index in [9.17, 15) is 4.79 Å². The number of aryl methyl sites for hydroxylation is 4. The first-order valence-electron chi connectivity index (χ1n) is 7.83. The summed E-state index contributed by atoms with van der Waals surface area (Å²) in [7, 11) is 1.91. The topological polar surface area (TPSA) is 56.0 Å². The highest BCUT2D eigenvalue weighted by Gasteiger charge is 2.30. The van der Waals surface area contributed by atoms with Gasteiger partial charge in [-0.2, -0.15) is 10.2 Å². The third-order valence-corrected chi connectivity index (χ3v) is 4.32. The van der Waals surface area contributed by atoms with Gasteiger partial charge in [0.15, 0.2) is 0 Å². The molecule has 2 aromatic rings. The Kier molecular flexibility index (Phi) is 4.00. The molecule has 1 fully saturated rings. The summed E-state index contributed by atoms with van der Waals surface area (Å²) in [5.41, 5.74) is 3.24. The Bertz CT molecular complexity index is 672. The molecule has 1 amide bonds. The van der Waals surface area contributed by atoms with Crippen LogP contribution < -0.4 is 0 Å². The maximum atomic E-state index is 12.6. The Balaban J connectivity index is 1.65. The van der Waals surface area contributed by atoms with Crippen molar-refractivity contribution in [3.8, 4) is 0 Å². The number of rotatable bonds is 4. The molecule has 0 unspecified atom stereocenters. The fourth-order valence-electron chi connectivity index (χ4n) is 3.27. The van der Waals surface area contributed by atoms with Gasteiger partial charge in [0.2, 0.25) is 5.91 Å². The minimum absolute atomic E-state index is 0.182. The van der Waals surface area contributed by atoms with E-state index in [-0.39, 0.29) is 11.9 Å². The molecule has 22 heavy (non-hydrogen) atoms. The summed E-state index contributed by atoms with van der Waals surface area (Å²) in [4.78, 5) is 14.6. The van der Waals surface area contributed by atoms with E-state index in [2.05, 4.69) is 10.2 Å². The number of nitrogens with zero attached hydrogens (tertiary/aromatic N) is 5. The largest absolute Gasteiger partial charge is 0.335 e. The number of hydrogen-bond acceptors (Lipinski definition) is 3. The Morgan fingerprint density at radius 2 is 2.23 bits per heavy atom. The normalized spacial score (nSPS) is 18.1. The lowest BCUT2D eigenvalue weighted by Gasteiger charge is -2.24. The molecule has 3 heterocycles. The van der Waals surface area contributed by atoms with E-state index >= 15 is 0 Å². The number of amides is 1. The van der Waals surface area contributed by atoms with Crippen LogP contribution in [-0.4, -0.2) is 36.9 Å². The van der Waals surface area contributed by atoms with Crippen molar-refractivity contribution < 1.29 is 4.79 Å². The van der Waals surface area contributed by atoms with Gasteiger partial charge in [-0.1, -0.05) is 0 Å². The molecule has 0 bridgehead atoms. The van der Waals surface area contributed by atoms with Gasteiger partial charge >= 0.3 is 0 Å². The lowest BCUT2D eigenvalue weighted by Crippen LogP contribution is -2.31. The summed E-state index contributed by atoms with van der Waals surface area (Å²) in [5, 5.41) is 8.65. The van der Waals surface area contributed by atoms with Crippen molar-refractivity contribution in [1.82, 2.24) is 24.5 Å². The minimum atomic E-state index is 0.182. The van der Waals surface area contributed by atoms with Crippen molar-refractivity contribution in [2.45, 2.75) is 45.7 Å². The van der Waals surface area contributed by atoms with Crippen LogP contribution in [0.1, 0.15) is 42.3 Å². The molecule has 1 aliphatic heterocycles. The second-order valence-corrected chi connectivity index (χ2v) is 6.09. The van der Waals surface area contributed by atoms with Crippen molar-refractivity contribution >= 4 is 5.91 Å². The Morgan fingerprint density at radius 1 is 1.41 bits per heavy atom. The van der Waals surface area contributed by atoms with Gasteiger partial charge in [-0.05, 0) is 32.8 Å². The second-order valence-electron chi connectivity index (χ2n) is 6.09. The van der Waals surface area contributed by atoms with Crippen LogP contribution in [0.4, 0.5) is 0 Å². The Hall–Kier alpha value is -2.11. The van der Waals surface area contributed by atoms with E-state index in [1.165, 1.54) is 0 Å². The summed E-state index contributed by atoms with van der Waals surface area (Å²) in [5.74, 6) is 0.207. The molecule has 2 aromatic heterocycles. The monoisotopic (exact) mass is 301 g/mol. The fourth-order valence-corrected chi connectivity index (χ4v) is 3.27. The summed E-state index contributed by atoms with van der Waals surface area (Å²) in [6, 6.07) is 2.22. The van der Waals surface area contributed by atoms with Crippen LogP contribution in [0.2, 0.25) is 0 Å². The fraction of sp³-hybridized carbons (Fsp3) is 0.562. The molecule has 0 N–H and O–H groups in total. The zero-order valence-corrected chi connectivity index (χ0v) is 13.5. The third-order valence-electron chi connectivity index (χ3n) is 4.32.